The second-order valence-corrected chi connectivity index (χ2v) is 7.10. The van der Waals surface area contributed by atoms with Gasteiger partial charge in [0.1, 0.15) is 5.60 Å². The minimum absolute atomic E-state index is 0.0424. The van der Waals surface area contributed by atoms with E-state index in [0.717, 1.165) is 0 Å². The molecule has 1 aromatic carbocycles. The zero-order valence-electron chi connectivity index (χ0n) is 16.5. The van der Waals surface area contributed by atoms with Crippen LogP contribution < -0.4 is 16.4 Å². The highest BCUT2D eigenvalue weighted by Crippen LogP contribution is 2.10. The molecular formula is C19H27N3O6. The summed E-state index contributed by atoms with van der Waals surface area (Å²) in [5.74, 6) is -1.63. The molecule has 0 heterocycles. The predicted molar refractivity (Wildman–Crippen MR) is 103 cm³/mol. The third-order valence-electron chi connectivity index (χ3n) is 3.34. The Kier molecular flexibility index (Phi) is 8.43. The Morgan fingerprint density at radius 3 is 2.25 bits per heavy atom. The van der Waals surface area contributed by atoms with E-state index in [-0.39, 0.29) is 13.0 Å². The summed E-state index contributed by atoms with van der Waals surface area (Å²) in [5.41, 5.74) is 5.32. The van der Waals surface area contributed by atoms with E-state index in [2.05, 4.69) is 10.6 Å². The average molecular weight is 393 g/mol. The Bertz CT molecular complexity index is 709. The molecule has 0 aliphatic heterocycles. The zero-order valence-corrected chi connectivity index (χ0v) is 16.5. The molecule has 3 amide bonds. The van der Waals surface area contributed by atoms with E-state index < -0.39 is 35.6 Å². The first-order chi connectivity index (χ1) is 13.0. The number of esters is 1. The van der Waals surface area contributed by atoms with E-state index in [9.17, 15) is 19.2 Å². The lowest BCUT2D eigenvalue weighted by molar-refractivity contribution is -0.153. The largest absolute Gasteiger partial charge is 0.453 e. The molecule has 0 spiro atoms. The van der Waals surface area contributed by atoms with Crippen molar-refractivity contribution in [2.24, 2.45) is 5.73 Å². The average Bonchev–Trinajstić information content (AvgIpc) is 2.57. The van der Waals surface area contributed by atoms with Crippen LogP contribution in [0.25, 0.3) is 0 Å². The molecule has 0 fully saturated rings. The molecule has 9 heteroatoms. The van der Waals surface area contributed by atoms with Crippen molar-refractivity contribution in [1.29, 1.82) is 0 Å². The quantitative estimate of drug-likeness (QED) is 0.456. The second-order valence-electron chi connectivity index (χ2n) is 7.10. The number of anilines is 1. The molecule has 0 unspecified atom stereocenters. The Morgan fingerprint density at radius 1 is 1.11 bits per heavy atom. The molecule has 28 heavy (non-hydrogen) atoms. The summed E-state index contributed by atoms with van der Waals surface area (Å²) >= 11 is 0. The molecule has 1 aromatic rings. The molecule has 0 aromatic heterocycles. The van der Waals surface area contributed by atoms with Gasteiger partial charge >= 0.3 is 12.1 Å². The van der Waals surface area contributed by atoms with Crippen molar-refractivity contribution in [3.05, 3.63) is 29.8 Å². The van der Waals surface area contributed by atoms with Gasteiger partial charge in [-0.2, -0.15) is 0 Å². The van der Waals surface area contributed by atoms with Crippen LogP contribution in [0.4, 0.5) is 10.5 Å². The highest BCUT2D eigenvalue weighted by Gasteiger charge is 2.18. The van der Waals surface area contributed by atoms with Gasteiger partial charge in [0.25, 0.3) is 5.91 Å². The second kappa shape index (κ2) is 10.3. The van der Waals surface area contributed by atoms with Gasteiger partial charge in [0, 0.05) is 24.2 Å². The van der Waals surface area contributed by atoms with Crippen molar-refractivity contribution < 1.29 is 28.7 Å². The third-order valence-corrected chi connectivity index (χ3v) is 3.34. The van der Waals surface area contributed by atoms with Gasteiger partial charge in [0.05, 0.1) is 0 Å². The fourth-order valence-corrected chi connectivity index (χ4v) is 2.01. The number of primary amides is 1. The molecule has 0 aliphatic rings. The van der Waals surface area contributed by atoms with Gasteiger partial charge in [-0.1, -0.05) is 0 Å². The Hall–Kier alpha value is -3.10. The van der Waals surface area contributed by atoms with Crippen LogP contribution in [0.2, 0.25) is 0 Å². The van der Waals surface area contributed by atoms with E-state index in [1.807, 2.05) is 0 Å². The van der Waals surface area contributed by atoms with E-state index in [0.29, 0.717) is 17.7 Å². The topological polar surface area (TPSA) is 137 Å². The first-order valence-corrected chi connectivity index (χ1v) is 8.85. The van der Waals surface area contributed by atoms with Crippen LogP contribution in [0.5, 0.6) is 0 Å². The number of amides is 3. The smallest absolute Gasteiger partial charge is 0.407 e. The maximum absolute atomic E-state index is 12.1. The minimum atomic E-state index is -0.998. The fraction of sp³-hybridized carbons (Fsp3) is 0.474. The van der Waals surface area contributed by atoms with Gasteiger partial charge < -0.3 is 25.8 Å². The Labute approximate surface area is 163 Å². The summed E-state index contributed by atoms with van der Waals surface area (Å²) in [6.45, 7) is 6.95. The SMILES string of the molecule is C[C@@H](OC(=O)CCCNC(=O)OC(C)(C)C)C(=O)Nc1ccc(C(N)=O)cc1. The molecule has 154 valence electrons. The number of benzene rings is 1. The van der Waals surface area contributed by atoms with E-state index in [1.54, 1.807) is 20.8 Å². The molecule has 4 N–H and O–H groups in total. The van der Waals surface area contributed by atoms with Crippen LogP contribution in [0, 0.1) is 0 Å². The van der Waals surface area contributed by atoms with Gasteiger partial charge in [-0.3, -0.25) is 14.4 Å². The van der Waals surface area contributed by atoms with Crippen molar-refractivity contribution in [2.75, 3.05) is 11.9 Å². The van der Waals surface area contributed by atoms with Crippen molar-refractivity contribution in [3.8, 4) is 0 Å². The molecule has 9 nitrogen and oxygen atoms in total. The zero-order chi connectivity index (χ0) is 21.3. The number of carbonyl (C=O) groups excluding carboxylic acids is 4. The Balaban J connectivity index is 2.32. The monoisotopic (exact) mass is 393 g/mol. The number of hydrogen-bond donors (Lipinski definition) is 3. The lowest BCUT2D eigenvalue weighted by Crippen LogP contribution is -2.33. The first kappa shape index (κ1) is 22.9. The van der Waals surface area contributed by atoms with E-state index in [4.69, 9.17) is 15.2 Å². The number of carbonyl (C=O) groups is 4. The van der Waals surface area contributed by atoms with E-state index >= 15 is 0 Å². The summed E-state index contributed by atoms with van der Waals surface area (Å²) in [5, 5.41) is 5.11. The van der Waals surface area contributed by atoms with Gasteiger partial charge in [-0.25, -0.2) is 4.79 Å². The van der Waals surface area contributed by atoms with Crippen LogP contribution in [-0.2, 0) is 19.1 Å². The van der Waals surface area contributed by atoms with Gasteiger partial charge in [0.15, 0.2) is 6.10 Å². The summed E-state index contributed by atoms with van der Waals surface area (Å²) in [7, 11) is 0. The number of rotatable bonds is 8. The van der Waals surface area contributed by atoms with E-state index in [1.165, 1.54) is 31.2 Å². The molecular weight excluding hydrogens is 366 g/mol. The number of nitrogens with one attached hydrogen (secondary N) is 2. The minimum Gasteiger partial charge on any atom is -0.453 e. The normalized spacial score (nSPS) is 11.9. The molecule has 0 radical (unpaired) electrons. The summed E-state index contributed by atoms with van der Waals surface area (Å²) in [6.07, 6.45) is -1.17. The first-order valence-electron chi connectivity index (χ1n) is 8.85. The molecule has 0 bridgehead atoms. The molecule has 0 aliphatic carbocycles. The number of nitrogens with two attached hydrogens (primary N) is 1. The number of hydrogen-bond acceptors (Lipinski definition) is 6. The van der Waals surface area contributed by atoms with Crippen molar-refractivity contribution in [3.63, 3.8) is 0 Å². The molecule has 1 atom stereocenters. The van der Waals surface area contributed by atoms with Crippen LogP contribution in [0.1, 0.15) is 50.9 Å². The predicted octanol–water partition coefficient (Wildman–Crippen LogP) is 1.96. The standard InChI is InChI=1S/C19H27N3O6/c1-12(17(25)22-14-9-7-13(8-10-14)16(20)24)27-15(23)6-5-11-21-18(26)28-19(2,3)4/h7-10,12H,5-6,11H2,1-4H3,(H2,20,24)(H,21,26)(H,22,25)/t12-/m1/s1. The van der Waals surface area contributed by atoms with Crippen molar-refractivity contribution >= 4 is 29.6 Å². The van der Waals surface area contributed by atoms with Crippen LogP contribution in [0.3, 0.4) is 0 Å². The van der Waals surface area contributed by atoms with Gasteiger partial charge in [0.2, 0.25) is 5.91 Å². The molecule has 0 saturated carbocycles. The summed E-state index contributed by atoms with van der Waals surface area (Å²) in [4.78, 5) is 46.4. The van der Waals surface area contributed by atoms with Crippen LogP contribution in [-0.4, -0.2) is 42.1 Å². The maximum atomic E-state index is 12.1. The lowest BCUT2D eigenvalue weighted by Gasteiger charge is -2.19. The molecule has 1 rings (SSSR count). The summed E-state index contributed by atoms with van der Waals surface area (Å²) in [6, 6.07) is 6.00. The maximum Gasteiger partial charge on any atom is 0.407 e. The van der Waals surface area contributed by atoms with Crippen LogP contribution in [0.15, 0.2) is 24.3 Å². The molecule has 0 saturated heterocycles. The number of alkyl carbamates (subject to hydrolysis) is 1. The fourth-order valence-electron chi connectivity index (χ4n) is 2.01. The highest BCUT2D eigenvalue weighted by atomic mass is 16.6. The summed E-state index contributed by atoms with van der Waals surface area (Å²) < 4.78 is 10.1. The Morgan fingerprint density at radius 2 is 1.71 bits per heavy atom. The highest BCUT2D eigenvalue weighted by molar-refractivity contribution is 5.96. The van der Waals surface area contributed by atoms with Gasteiger partial charge in [-0.15, -0.1) is 0 Å². The van der Waals surface area contributed by atoms with Crippen molar-refractivity contribution in [1.82, 2.24) is 5.32 Å². The van der Waals surface area contributed by atoms with Crippen LogP contribution >= 0.6 is 0 Å². The van der Waals surface area contributed by atoms with Crippen molar-refractivity contribution in [2.45, 2.75) is 52.2 Å². The number of ether oxygens (including phenoxy) is 2. The lowest BCUT2D eigenvalue weighted by atomic mass is 10.2. The third kappa shape index (κ3) is 9.02. The van der Waals surface area contributed by atoms with Gasteiger partial charge in [-0.05, 0) is 58.4 Å².